The number of fused-ring (bicyclic) bond motifs is 2. The first kappa shape index (κ1) is 19.3. The zero-order valence-corrected chi connectivity index (χ0v) is 16.5. The molecular weight excluding hydrogens is 366 g/mol. The van der Waals surface area contributed by atoms with Gasteiger partial charge in [-0.15, -0.1) is 0 Å². The van der Waals surface area contributed by atoms with Crippen molar-refractivity contribution in [2.75, 3.05) is 20.3 Å². The Hall–Kier alpha value is -3.05. The molecule has 1 aliphatic carbocycles. The minimum absolute atomic E-state index is 0.0934. The Bertz CT molecular complexity index is 1030. The fourth-order valence-corrected chi connectivity index (χ4v) is 3.95. The molecule has 0 heterocycles. The normalized spacial score (nSPS) is 18.1. The molecule has 1 aliphatic rings. The number of methoxy groups -OCH3 is 1. The van der Waals surface area contributed by atoms with Gasteiger partial charge in [-0.2, -0.15) is 0 Å². The van der Waals surface area contributed by atoms with Crippen LogP contribution in [-0.4, -0.2) is 31.3 Å². The van der Waals surface area contributed by atoms with Crippen LogP contribution in [0.5, 0.6) is 11.5 Å². The fraction of sp³-hybridized carbons (Fsp3) is 0.292. The standard InChI is InChI=1S/C24H25NO4/c1-28-20-10-11-22-19(14-20)7-4-12-24(22,27)16-25-23(26)15-29-21-9-8-17-5-2-3-6-18(17)13-21/h2-3,5-6,8-11,13-14,27H,4,7,12,15-16H2,1H3,(H,25,26). The van der Waals surface area contributed by atoms with Gasteiger partial charge in [-0.3, -0.25) is 4.79 Å². The summed E-state index contributed by atoms with van der Waals surface area (Å²) < 4.78 is 10.9. The van der Waals surface area contributed by atoms with E-state index in [2.05, 4.69) is 5.32 Å². The summed E-state index contributed by atoms with van der Waals surface area (Å²) in [6.45, 7) is 0.0656. The highest BCUT2D eigenvalue weighted by Crippen LogP contribution is 2.36. The van der Waals surface area contributed by atoms with E-state index in [4.69, 9.17) is 9.47 Å². The zero-order chi connectivity index (χ0) is 20.3. The smallest absolute Gasteiger partial charge is 0.258 e. The van der Waals surface area contributed by atoms with Gasteiger partial charge in [0.25, 0.3) is 5.91 Å². The minimum atomic E-state index is -1.07. The summed E-state index contributed by atoms with van der Waals surface area (Å²) >= 11 is 0. The third kappa shape index (κ3) is 4.20. The number of ether oxygens (including phenoxy) is 2. The molecule has 0 radical (unpaired) electrons. The van der Waals surface area contributed by atoms with Gasteiger partial charge in [0, 0.05) is 0 Å². The zero-order valence-electron chi connectivity index (χ0n) is 16.5. The number of aliphatic hydroxyl groups is 1. The second-order valence-electron chi connectivity index (χ2n) is 7.48. The van der Waals surface area contributed by atoms with Crippen molar-refractivity contribution in [1.29, 1.82) is 0 Å². The Kier molecular flexibility index (Phi) is 5.41. The number of rotatable bonds is 6. The third-order valence-electron chi connectivity index (χ3n) is 5.52. The summed E-state index contributed by atoms with van der Waals surface area (Å²) in [6.07, 6.45) is 2.37. The van der Waals surface area contributed by atoms with E-state index in [1.807, 2.05) is 60.7 Å². The molecule has 5 heteroatoms. The van der Waals surface area contributed by atoms with Crippen LogP contribution in [0.15, 0.2) is 60.7 Å². The molecular formula is C24H25NO4. The van der Waals surface area contributed by atoms with E-state index in [0.29, 0.717) is 12.2 Å². The van der Waals surface area contributed by atoms with Crippen LogP contribution in [0.25, 0.3) is 10.8 Å². The predicted octanol–water partition coefficient (Wildman–Crippen LogP) is 3.57. The Labute approximate surface area is 170 Å². The molecule has 0 fully saturated rings. The maximum atomic E-state index is 12.3. The van der Waals surface area contributed by atoms with Gasteiger partial charge in [0.05, 0.1) is 13.7 Å². The molecule has 3 aromatic carbocycles. The highest BCUT2D eigenvalue weighted by Gasteiger charge is 2.34. The molecule has 29 heavy (non-hydrogen) atoms. The van der Waals surface area contributed by atoms with Crippen molar-refractivity contribution < 1.29 is 19.4 Å². The first-order valence-corrected chi connectivity index (χ1v) is 9.85. The molecule has 0 aliphatic heterocycles. The van der Waals surface area contributed by atoms with E-state index < -0.39 is 5.60 Å². The summed E-state index contributed by atoms with van der Waals surface area (Å²) in [5.41, 5.74) is 0.860. The lowest BCUT2D eigenvalue weighted by Crippen LogP contribution is -2.44. The van der Waals surface area contributed by atoms with Crippen molar-refractivity contribution >= 4 is 16.7 Å². The Morgan fingerprint density at radius 1 is 1.07 bits per heavy atom. The molecule has 1 amide bonds. The van der Waals surface area contributed by atoms with Crippen molar-refractivity contribution in [1.82, 2.24) is 5.32 Å². The molecule has 150 valence electrons. The summed E-state index contributed by atoms with van der Waals surface area (Å²) in [5, 5.41) is 16.2. The van der Waals surface area contributed by atoms with E-state index >= 15 is 0 Å². The van der Waals surface area contributed by atoms with Crippen molar-refractivity contribution in [3.05, 3.63) is 71.8 Å². The fourth-order valence-electron chi connectivity index (χ4n) is 3.95. The van der Waals surface area contributed by atoms with Crippen molar-refractivity contribution in [3.8, 4) is 11.5 Å². The number of hydrogen-bond acceptors (Lipinski definition) is 4. The number of carbonyl (C=O) groups excluding carboxylic acids is 1. The van der Waals surface area contributed by atoms with Crippen LogP contribution in [0.2, 0.25) is 0 Å². The number of hydrogen-bond donors (Lipinski definition) is 2. The molecule has 0 saturated heterocycles. The highest BCUT2D eigenvalue weighted by molar-refractivity contribution is 5.84. The molecule has 4 rings (SSSR count). The summed E-state index contributed by atoms with van der Waals surface area (Å²) in [5.74, 6) is 1.17. The van der Waals surface area contributed by atoms with Crippen LogP contribution in [0.1, 0.15) is 24.0 Å². The molecule has 0 saturated carbocycles. The van der Waals surface area contributed by atoms with Crippen LogP contribution in [-0.2, 0) is 16.8 Å². The monoisotopic (exact) mass is 391 g/mol. The van der Waals surface area contributed by atoms with Crippen LogP contribution < -0.4 is 14.8 Å². The molecule has 3 aromatic rings. The summed E-state index contributed by atoms with van der Waals surface area (Å²) in [6, 6.07) is 19.4. The van der Waals surface area contributed by atoms with E-state index in [9.17, 15) is 9.90 Å². The number of aryl methyl sites for hydroxylation is 1. The minimum Gasteiger partial charge on any atom is -0.497 e. The van der Waals surface area contributed by atoms with Gasteiger partial charge in [0.15, 0.2) is 6.61 Å². The maximum absolute atomic E-state index is 12.3. The molecule has 0 spiro atoms. The molecule has 1 unspecified atom stereocenters. The van der Waals surface area contributed by atoms with Crippen LogP contribution in [0.4, 0.5) is 0 Å². The topological polar surface area (TPSA) is 67.8 Å². The number of nitrogens with one attached hydrogen (secondary N) is 1. The molecule has 0 aromatic heterocycles. The van der Waals surface area contributed by atoms with E-state index in [1.165, 1.54) is 0 Å². The van der Waals surface area contributed by atoms with Gasteiger partial charge >= 0.3 is 0 Å². The van der Waals surface area contributed by atoms with Crippen LogP contribution >= 0.6 is 0 Å². The second kappa shape index (κ2) is 8.13. The number of amides is 1. The predicted molar refractivity (Wildman–Crippen MR) is 112 cm³/mol. The first-order valence-electron chi connectivity index (χ1n) is 9.85. The van der Waals surface area contributed by atoms with E-state index in [1.54, 1.807) is 7.11 Å². The average Bonchev–Trinajstić information content (AvgIpc) is 2.76. The van der Waals surface area contributed by atoms with Crippen molar-refractivity contribution in [2.45, 2.75) is 24.9 Å². The highest BCUT2D eigenvalue weighted by atomic mass is 16.5. The van der Waals surface area contributed by atoms with Crippen LogP contribution in [0, 0.1) is 0 Å². The average molecular weight is 391 g/mol. The maximum Gasteiger partial charge on any atom is 0.258 e. The van der Waals surface area contributed by atoms with Gasteiger partial charge in [-0.05, 0) is 65.4 Å². The Morgan fingerprint density at radius 3 is 2.69 bits per heavy atom. The SMILES string of the molecule is COc1ccc2c(c1)CCCC2(O)CNC(=O)COc1ccc2ccccc2c1. The van der Waals surface area contributed by atoms with Crippen molar-refractivity contribution in [3.63, 3.8) is 0 Å². The Morgan fingerprint density at radius 2 is 1.86 bits per heavy atom. The lowest BCUT2D eigenvalue weighted by Gasteiger charge is -2.34. The van der Waals surface area contributed by atoms with Gasteiger partial charge in [-0.1, -0.05) is 36.4 Å². The molecule has 5 nitrogen and oxygen atoms in total. The van der Waals surface area contributed by atoms with Gasteiger partial charge in [0.1, 0.15) is 17.1 Å². The summed E-state index contributed by atoms with van der Waals surface area (Å²) in [7, 11) is 1.63. The van der Waals surface area contributed by atoms with E-state index in [0.717, 1.165) is 40.5 Å². The molecule has 2 N–H and O–H groups in total. The third-order valence-corrected chi connectivity index (χ3v) is 5.52. The van der Waals surface area contributed by atoms with Gasteiger partial charge in [-0.25, -0.2) is 0 Å². The largest absolute Gasteiger partial charge is 0.497 e. The molecule has 1 atom stereocenters. The first-order chi connectivity index (χ1) is 14.1. The second-order valence-corrected chi connectivity index (χ2v) is 7.48. The number of benzene rings is 3. The van der Waals surface area contributed by atoms with Crippen molar-refractivity contribution in [2.24, 2.45) is 0 Å². The summed E-state index contributed by atoms with van der Waals surface area (Å²) in [4.78, 5) is 12.3. The lowest BCUT2D eigenvalue weighted by molar-refractivity contribution is -0.124. The lowest BCUT2D eigenvalue weighted by atomic mass is 9.79. The Balaban J connectivity index is 1.37. The van der Waals surface area contributed by atoms with Crippen LogP contribution in [0.3, 0.4) is 0 Å². The number of carbonyl (C=O) groups is 1. The van der Waals surface area contributed by atoms with E-state index in [-0.39, 0.29) is 19.1 Å². The van der Waals surface area contributed by atoms with Gasteiger partial charge < -0.3 is 19.9 Å². The molecule has 0 bridgehead atoms. The quantitative estimate of drug-likeness (QED) is 0.674. The van der Waals surface area contributed by atoms with Gasteiger partial charge in [0.2, 0.25) is 0 Å².